The Morgan fingerprint density at radius 3 is 2.50 bits per heavy atom. The predicted molar refractivity (Wildman–Crippen MR) is 57.6 cm³/mol. The number of benzene rings is 1. The third kappa shape index (κ3) is 1.48. The van der Waals surface area contributed by atoms with Gasteiger partial charge in [-0.1, -0.05) is 13.8 Å². The molecule has 5 heteroatoms. The number of nitro groups is 1. The van der Waals surface area contributed by atoms with Gasteiger partial charge in [-0.25, -0.2) is 4.39 Å². The second kappa shape index (κ2) is 3.25. The third-order valence-electron chi connectivity index (χ3n) is 3.43. The molecule has 0 aromatic heterocycles. The third-order valence-corrected chi connectivity index (χ3v) is 3.43. The summed E-state index contributed by atoms with van der Waals surface area (Å²) in [5, 5.41) is 10.8. The monoisotopic (exact) mass is 224 g/mol. The molecule has 0 amide bonds. The van der Waals surface area contributed by atoms with Crippen molar-refractivity contribution in [3.8, 4) is 0 Å². The zero-order chi connectivity index (χ0) is 12.1. The molecule has 1 aliphatic rings. The van der Waals surface area contributed by atoms with Crippen molar-refractivity contribution >= 4 is 5.69 Å². The lowest BCUT2D eigenvalue weighted by molar-refractivity contribution is -0.385. The Hall–Kier alpha value is -1.49. The molecule has 0 heterocycles. The molecule has 2 atom stereocenters. The van der Waals surface area contributed by atoms with E-state index in [0.29, 0.717) is 5.56 Å². The van der Waals surface area contributed by atoms with Crippen LogP contribution in [0.15, 0.2) is 18.2 Å². The zero-order valence-electron chi connectivity index (χ0n) is 9.11. The fourth-order valence-electron chi connectivity index (χ4n) is 2.21. The van der Waals surface area contributed by atoms with Crippen molar-refractivity contribution in [3.05, 3.63) is 39.7 Å². The van der Waals surface area contributed by atoms with Crippen molar-refractivity contribution in [2.24, 2.45) is 11.1 Å². The Morgan fingerprint density at radius 2 is 2.06 bits per heavy atom. The van der Waals surface area contributed by atoms with E-state index in [0.717, 1.165) is 6.07 Å². The van der Waals surface area contributed by atoms with Gasteiger partial charge in [-0.15, -0.1) is 0 Å². The van der Waals surface area contributed by atoms with Crippen LogP contribution in [-0.2, 0) is 0 Å². The van der Waals surface area contributed by atoms with E-state index < -0.39 is 10.7 Å². The second-order valence-corrected chi connectivity index (χ2v) is 4.79. The number of nitro benzene ring substituents is 1. The van der Waals surface area contributed by atoms with Gasteiger partial charge in [0.2, 0.25) is 0 Å². The highest BCUT2D eigenvalue weighted by Crippen LogP contribution is 2.59. The Kier molecular flexibility index (Phi) is 2.24. The molecule has 1 saturated carbocycles. The van der Waals surface area contributed by atoms with Crippen LogP contribution in [0.1, 0.15) is 25.3 Å². The van der Waals surface area contributed by atoms with Crippen LogP contribution in [0.3, 0.4) is 0 Å². The molecular formula is C11H13FN2O2. The van der Waals surface area contributed by atoms with Gasteiger partial charge >= 0.3 is 0 Å². The number of nitrogens with zero attached hydrogens (tertiary/aromatic N) is 1. The van der Waals surface area contributed by atoms with E-state index in [9.17, 15) is 14.5 Å². The molecule has 0 radical (unpaired) electrons. The molecule has 1 aromatic carbocycles. The first kappa shape index (κ1) is 11.0. The molecule has 16 heavy (non-hydrogen) atoms. The van der Waals surface area contributed by atoms with Gasteiger partial charge in [0, 0.05) is 23.6 Å². The van der Waals surface area contributed by atoms with Crippen LogP contribution in [0.25, 0.3) is 0 Å². The van der Waals surface area contributed by atoms with Crippen molar-refractivity contribution in [1.29, 1.82) is 0 Å². The summed E-state index contributed by atoms with van der Waals surface area (Å²) in [6.45, 7) is 3.86. The average molecular weight is 224 g/mol. The van der Waals surface area contributed by atoms with E-state index in [-0.39, 0.29) is 23.1 Å². The first-order valence-electron chi connectivity index (χ1n) is 5.05. The lowest BCUT2D eigenvalue weighted by Gasteiger charge is -2.04. The first-order valence-corrected chi connectivity index (χ1v) is 5.05. The molecular weight excluding hydrogens is 211 g/mol. The number of hydrogen-bond donors (Lipinski definition) is 1. The maximum absolute atomic E-state index is 13.1. The standard InChI is InChI=1S/C11H13FN2O2/c1-11(2)9(10(11)13)7-5-6(12)3-4-8(7)14(15)16/h3-5,9-10H,13H2,1-2H3. The number of nitrogens with two attached hydrogens (primary N) is 1. The highest BCUT2D eigenvalue weighted by atomic mass is 19.1. The van der Waals surface area contributed by atoms with Crippen LogP contribution in [0, 0.1) is 21.3 Å². The number of halogens is 1. The summed E-state index contributed by atoms with van der Waals surface area (Å²) in [5.41, 5.74) is 6.01. The molecule has 2 N–H and O–H groups in total. The molecule has 1 aromatic rings. The fraction of sp³-hybridized carbons (Fsp3) is 0.455. The van der Waals surface area contributed by atoms with E-state index in [1.54, 1.807) is 0 Å². The quantitative estimate of drug-likeness (QED) is 0.618. The second-order valence-electron chi connectivity index (χ2n) is 4.79. The molecule has 1 fully saturated rings. The molecule has 4 nitrogen and oxygen atoms in total. The maximum Gasteiger partial charge on any atom is 0.273 e. The van der Waals surface area contributed by atoms with Crippen molar-refractivity contribution in [3.63, 3.8) is 0 Å². The van der Waals surface area contributed by atoms with Crippen molar-refractivity contribution < 1.29 is 9.31 Å². The Balaban J connectivity index is 2.48. The zero-order valence-corrected chi connectivity index (χ0v) is 9.11. The van der Waals surface area contributed by atoms with Crippen LogP contribution >= 0.6 is 0 Å². The summed E-state index contributed by atoms with van der Waals surface area (Å²) in [6, 6.07) is 3.37. The SMILES string of the molecule is CC1(C)C(N)C1c1cc(F)ccc1[N+](=O)[O-]. The van der Waals surface area contributed by atoms with E-state index in [1.807, 2.05) is 13.8 Å². The van der Waals surface area contributed by atoms with E-state index in [1.165, 1.54) is 12.1 Å². The molecule has 0 aliphatic heterocycles. The van der Waals surface area contributed by atoms with Gasteiger partial charge in [-0.05, 0) is 17.5 Å². The highest BCUT2D eigenvalue weighted by molar-refractivity contribution is 5.48. The minimum absolute atomic E-state index is 0.0487. The van der Waals surface area contributed by atoms with Crippen molar-refractivity contribution in [2.75, 3.05) is 0 Å². The highest BCUT2D eigenvalue weighted by Gasteiger charge is 2.58. The molecule has 0 saturated heterocycles. The Bertz CT molecular complexity index is 459. The topological polar surface area (TPSA) is 69.2 Å². The van der Waals surface area contributed by atoms with E-state index in [4.69, 9.17) is 5.73 Å². The summed E-state index contributed by atoms with van der Waals surface area (Å²) in [5.74, 6) is -0.598. The predicted octanol–water partition coefficient (Wildman–Crippen LogP) is 2.18. The van der Waals surface area contributed by atoms with Crippen LogP contribution in [0.2, 0.25) is 0 Å². The lowest BCUT2D eigenvalue weighted by Crippen LogP contribution is -2.06. The van der Waals surface area contributed by atoms with Crippen LogP contribution in [-0.4, -0.2) is 11.0 Å². The molecule has 0 bridgehead atoms. The van der Waals surface area contributed by atoms with Gasteiger partial charge in [0.1, 0.15) is 5.82 Å². The number of hydrogen-bond acceptors (Lipinski definition) is 3. The van der Waals surface area contributed by atoms with Gasteiger partial charge in [0.15, 0.2) is 0 Å². The minimum atomic E-state index is -0.490. The van der Waals surface area contributed by atoms with Gasteiger partial charge in [0.25, 0.3) is 5.69 Å². The van der Waals surface area contributed by atoms with Crippen LogP contribution in [0.4, 0.5) is 10.1 Å². The summed E-state index contributed by atoms with van der Waals surface area (Å²) in [6.07, 6.45) is 0. The largest absolute Gasteiger partial charge is 0.327 e. The molecule has 1 aliphatic carbocycles. The normalized spacial score (nSPS) is 26.5. The van der Waals surface area contributed by atoms with Gasteiger partial charge < -0.3 is 5.73 Å². The summed E-state index contributed by atoms with van der Waals surface area (Å²) < 4.78 is 13.1. The fourth-order valence-corrected chi connectivity index (χ4v) is 2.21. The van der Waals surface area contributed by atoms with E-state index >= 15 is 0 Å². The number of rotatable bonds is 2. The average Bonchev–Trinajstić information content (AvgIpc) is 2.65. The Labute approximate surface area is 92.4 Å². The van der Waals surface area contributed by atoms with Crippen molar-refractivity contribution in [1.82, 2.24) is 0 Å². The molecule has 2 rings (SSSR count). The van der Waals surface area contributed by atoms with E-state index in [2.05, 4.69) is 0 Å². The Morgan fingerprint density at radius 1 is 1.50 bits per heavy atom. The summed E-state index contributed by atoms with van der Waals surface area (Å²) in [4.78, 5) is 10.3. The van der Waals surface area contributed by atoms with Crippen molar-refractivity contribution in [2.45, 2.75) is 25.8 Å². The molecule has 0 spiro atoms. The van der Waals surface area contributed by atoms with Crippen LogP contribution < -0.4 is 5.73 Å². The summed E-state index contributed by atoms with van der Waals surface area (Å²) >= 11 is 0. The molecule has 86 valence electrons. The molecule has 2 unspecified atom stereocenters. The van der Waals surface area contributed by atoms with Gasteiger partial charge in [-0.3, -0.25) is 10.1 Å². The van der Waals surface area contributed by atoms with Crippen LogP contribution in [0.5, 0.6) is 0 Å². The van der Waals surface area contributed by atoms with Gasteiger partial charge in [0.05, 0.1) is 4.92 Å². The van der Waals surface area contributed by atoms with Gasteiger partial charge in [-0.2, -0.15) is 0 Å². The minimum Gasteiger partial charge on any atom is -0.327 e. The summed E-state index contributed by atoms with van der Waals surface area (Å²) in [7, 11) is 0. The first-order chi connectivity index (χ1) is 7.35. The maximum atomic E-state index is 13.1. The lowest BCUT2D eigenvalue weighted by atomic mass is 10.0. The smallest absolute Gasteiger partial charge is 0.273 e.